The molecule has 13 nitrogen and oxygen atoms in total. The number of likely N-dealkylation sites (N-methyl/N-ethyl adjacent to an activating group) is 1. The van der Waals surface area contributed by atoms with Crippen molar-refractivity contribution >= 4 is 44.8 Å². The monoisotopic (exact) mass is 970 g/mol. The van der Waals surface area contributed by atoms with Crippen molar-refractivity contribution < 1.29 is 22.5 Å². The number of nitro groups is 1. The van der Waals surface area contributed by atoms with E-state index in [1.165, 1.54) is 24.3 Å². The average Bonchev–Trinajstić information content (AvgIpc) is 3.61. The van der Waals surface area contributed by atoms with E-state index in [4.69, 9.17) is 0 Å². The van der Waals surface area contributed by atoms with Crippen LogP contribution in [0.15, 0.2) is 131 Å². The summed E-state index contributed by atoms with van der Waals surface area (Å²) in [4.78, 5) is 33.4. The molecule has 1 amide bonds. The second-order valence-corrected chi connectivity index (χ2v) is 20.3. The second-order valence-electron chi connectivity index (χ2n) is 17.5. The minimum absolute atomic E-state index is 0.130. The summed E-state index contributed by atoms with van der Waals surface area (Å²) in [6.07, 6.45) is 1.54. The number of nitro benzene ring substituents is 1. The van der Waals surface area contributed by atoms with Crippen LogP contribution in [0, 0.1) is 34.7 Å². The summed E-state index contributed by atoms with van der Waals surface area (Å²) in [6.45, 7) is 8.19. The molecule has 1 fully saturated rings. The maximum absolute atomic E-state index is 14.1. The molecule has 1 aliphatic heterocycles. The number of hydrogen-bond acceptors (Lipinski definition) is 10. The number of piperazine rings is 1. The molecule has 0 radical (unpaired) electrons. The molecule has 16 heteroatoms. The zero-order chi connectivity index (χ0) is 49.1. The van der Waals surface area contributed by atoms with Crippen LogP contribution in [0.25, 0.3) is 22.4 Å². The van der Waals surface area contributed by atoms with Crippen LogP contribution in [0.5, 0.6) is 0 Å². The van der Waals surface area contributed by atoms with Gasteiger partial charge in [0.1, 0.15) is 11.5 Å². The molecule has 0 saturated carbocycles. The minimum Gasteiger partial charge on any atom is -0.376 e. The lowest BCUT2D eigenvalue weighted by Gasteiger charge is -2.32. The summed E-state index contributed by atoms with van der Waals surface area (Å²) in [6, 6.07) is 34.1. The summed E-state index contributed by atoms with van der Waals surface area (Å²) >= 11 is 1.64. The van der Waals surface area contributed by atoms with Crippen molar-refractivity contribution in [3.8, 4) is 34.2 Å². The van der Waals surface area contributed by atoms with Gasteiger partial charge in [0.15, 0.2) is 0 Å². The van der Waals surface area contributed by atoms with Crippen LogP contribution in [0.2, 0.25) is 0 Å². The Kier molecular flexibility index (Phi) is 17.0. The Bertz CT molecular complexity index is 2910. The van der Waals surface area contributed by atoms with Gasteiger partial charge in [-0.15, -0.1) is 11.8 Å². The van der Waals surface area contributed by atoms with Gasteiger partial charge in [-0.25, -0.2) is 12.8 Å². The van der Waals surface area contributed by atoms with Crippen LogP contribution in [0.4, 0.5) is 21.5 Å². The molecule has 69 heavy (non-hydrogen) atoms. The molecule has 0 aliphatic carbocycles. The molecule has 1 atom stereocenters. The van der Waals surface area contributed by atoms with Gasteiger partial charge in [-0.2, -0.15) is 0 Å². The first-order valence-corrected chi connectivity index (χ1v) is 25.4. The number of benzene rings is 5. The highest BCUT2D eigenvalue weighted by Crippen LogP contribution is 2.39. The third-order valence-corrected chi connectivity index (χ3v) is 14.7. The van der Waals surface area contributed by atoms with Crippen LogP contribution in [-0.2, 0) is 17.1 Å². The fourth-order valence-electron chi connectivity index (χ4n) is 8.20. The lowest BCUT2D eigenvalue weighted by Crippen LogP contribution is -2.45. The van der Waals surface area contributed by atoms with E-state index >= 15 is 0 Å². The number of anilines is 2. The number of thioether (sulfide) groups is 1. The number of carbonyl (C=O) groups excluding carboxylic acids is 1. The number of nitrogens with zero attached hydrogens (tertiary/aromatic N) is 5. The number of amides is 1. The van der Waals surface area contributed by atoms with Gasteiger partial charge >= 0.3 is 0 Å². The number of sulfonamides is 1. The van der Waals surface area contributed by atoms with Crippen LogP contribution < -0.4 is 15.4 Å². The van der Waals surface area contributed by atoms with Gasteiger partial charge in [0.25, 0.3) is 21.6 Å². The topological polar surface area (TPSA) is 145 Å². The lowest BCUT2D eigenvalue weighted by molar-refractivity contribution is -0.384. The van der Waals surface area contributed by atoms with Gasteiger partial charge in [0.05, 0.1) is 21.1 Å². The third kappa shape index (κ3) is 13.4. The van der Waals surface area contributed by atoms with E-state index in [-0.39, 0.29) is 39.7 Å². The fourth-order valence-corrected chi connectivity index (χ4v) is 10.3. The smallest absolute Gasteiger partial charge is 0.293 e. The number of aromatic nitrogens is 1. The van der Waals surface area contributed by atoms with Crippen molar-refractivity contribution in [2.24, 2.45) is 7.05 Å². The fraction of sp³-hybridized carbons (Fsp3) is 0.302. The van der Waals surface area contributed by atoms with Crippen LogP contribution in [0.1, 0.15) is 40.0 Å². The van der Waals surface area contributed by atoms with Crippen molar-refractivity contribution in [1.82, 2.24) is 24.6 Å². The SMILES string of the molecule is Cc1c(C(=O)NCCCN2CCN(C)CC2)c(-c2cccc(C#Cc3ccc(NS(=O)(=O)c4ccc(NC(CCN(C)C)CSc5ccccc5)c([N+](=O)[O-])c4)cc3)c2)c(-c2ccc(F)cc2)n1C. The van der Waals surface area contributed by atoms with E-state index in [9.17, 15) is 27.7 Å². The highest BCUT2D eigenvalue weighted by molar-refractivity contribution is 7.99. The predicted octanol–water partition coefficient (Wildman–Crippen LogP) is 8.81. The van der Waals surface area contributed by atoms with Crippen molar-refractivity contribution in [2.45, 2.75) is 35.6 Å². The number of halogens is 1. The van der Waals surface area contributed by atoms with Crippen molar-refractivity contribution in [2.75, 3.05) is 82.7 Å². The number of rotatable bonds is 19. The molecule has 3 N–H and O–H groups in total. The standard InChI is InChI=1S/C53H59FN8O5S2/c1-38-50(53(63)55-28-10-29-61-33-31-59(4)32-34-61)51(52(60(38)5)41-19-21-43(54)22-20-41)42-12-9-11-40(35-42)16-15-39-17-23-44(24-18-39)57-69(66,67)47-25-26-48(49(36-47)62(64)65)56-45(27-30-58(2)3)37-68-46-13-7-6-8-14-46/h6-9,11-14,17-26,35-36,45,56-57H,10,27-34,37H2,1-5H3,(H,55,63). The number of nitrogens with one attached hydrogen (secondary N) is 3. The Morgan fingerprint density at radius 1 is 0.870 bits per heavy atom. The summed E-state index contributed by atoms with van der Waals surface area (Å²) in [5.41, 5.74) is 5.80. The Morgan fingerprint density at radius 3 is 2.28 bits per heavy atom. The molecule has 1 aromatic heterocycles. The van der Waals surface area contributed by atoms with Crippen LogP contribution in [0.3, 0.4) is 0 Å². The summed E-state index contributed by atoms with van der Waals surface area (Å²) in [5.74, 6) is 6.49. The van der Waals surface area contributed by atoms with E-state index in [2.05, 4.69) is 44.0 Å². The Hall–Kier alpha value is -6.48. The van der Waals surface area contributed by atoms with E-state index < -0.39 is 14.9 Å². The molecular formula is C53H59FN8O5S2. The van der Waals surface area contributed by atoms with Gasteiger partial charge in [-0.1, -0.05) is 42.2 Å². The van der Waals surface area contributed by atoms with Crippen molar-refractivity contribution in [3.63, 3.8) is 0 Å². The molecule has 2 heterocycles. The maximum atomic E-state index is 14.1. The quantitative estimate of drug-likeness (QED) is 0.0237. The molecule has 5 aromatic carbocycles. The normalized spacial score (nSPS) is 13.7. The lowest BCUT2D eigenvalue weighted by atomic mass is 9.95. The Labute approximate surface area is 409 Å². The largest absolute Gasteiger partial charge is 0.376 e. The Morgan fingerprint density at radius 2 is 1.58 bits per heavy atom. The summed E-state index contributed by atoms with van der Waals surface area (Å²) in [5, 5.41) is 18.8. The van der Waals surface area contributed by atoms with Gasteiger partial charge in [-0.05, 0) is 150 Å². The molecule has 6 aromatic rings. The molecule has 360 valence electrons. The maximum Gasteiger partial charge on any atom is 0.293 e. The molecule has 0 spiro atoms. The molecule has 0 bridgehead atoms. The van der Waals surface area contributed by atoms with Crippen molar-refractivity contribution in [1.29, 1.82) is 0 Å². The molecule has 7 rings (SSSR count). The molecule has 1 unspecified atom stereocenters. The van der Waals surface area contributed by atoms with Gasteiger partial charge in [-0.3, -0.25) is 19.6 Å². The van der Waals surface area contributed by atoms with Gasteiger partial charge < -0.3 is 29.9 Å². The van der Waals surface area contributed by atoms with Crippen LogP contribution >= 0.6 is 11.8 Å². The minimum atomic E-state index is -4.21. The van der Waals surface area contributed by atoms with Crippen LogP contribution in [-0.4, -0.2) is 117 Å². The van der Waals surface area contributed by atoms with E-state index in [0.717, 1.165) is 84.7 Å². The predicted molar refractivity (Wildman–Crippen MR) is 276 cm³/mol. The zero-order valence-corrected chi connectivity index (χ0v) is 41.3. The first kappa shape index (κ1) is 50.4. The third-order valence-electron chi connectivity index (χ3n) is 12.2. The first-order valence-electron chi connectivity index (χ1n) is 22.9. The molecule has 1 saturated heterocycles. The van der Waals surface area contributed by atoms with Crippen molar-refractivity contribution in [3.05, 3.63) is 160 Å². The van der Waals surface area contributed by atoms with Gasteiger partial charge in [0, 0.05) is 90.6 Å². The summed E-state index contributed by atoms with van der Waals surface area (Å²) < 4.78 is 45.9. The summed E-state index contributed by atoms with van der Waals surface area (Å²) in [7, 11) is 3.76. The highest BCUT2D eigenvalue weighted by atomic mass is 32.2. The first-order chi connectivity index (χ1) is 33.1. The molecule has 1 aliphatic rings. The second kappa shape index (κ2) is 23.2. The zero-order valence-electron chi connectivity index (χ0n) is 39.7. The number of hydrogen-bond donors (Lipinski definition) is 3. The van der Waals surface area contributed by atoms with Gasteiger partial charge in [0.2, 0.25) is 0 Å². The average molecular weight is 971 g/mol. The number of carbonyl (C=O) groups is 1. The van der Waals surface area contributed by atoms with E-state index in [1.54, 1.807) is 48.2 Å². The van der Waals surface area contributed by atoms with E-state index in [1.807, 2.05) is 92.1 Å². The van der Waals surface area contributed by atoms with E-state index in [0.29, 0.717) is 35.4 Å². The molecular weight excluding hydrogens is 912 g/mol. The highest BCUT2D eigenvalue weighted by Gasteiger charge is 2.27. The Balaban J connectivity index is 1.06.